The number of carbonyl (C=O) groups excluding carboxylic acids is 2. The molecule has 26 heavy (non-hydrogen) atoms. The molecule has 1 heterocycles. The average molecular weight is 350 g/mol. The molecule has 4 nitrogen and oxygen atoms in total. The van der Waals surface area contributed by atoms with Crippen LogP contribution in [0.15, 0.2) is 60.7 Å². The molecule has 0 spiro atoms. The number of hydrogen-bond acceptors (Lipinski definition) is 2. The van der Waals surface area contributed by atoms with Crippen molar-refractivity contribution in [1.82, 2.24) is 9.80 Å². The van der Waals surface area contributed by atoms with Crippen LogP contribution in [0.2, 0.25) is 0 Å². The molecule has 1 aliphatic rings. The largest absolute Gasteiger partial charge is 0.333 e. The zero-order valence-electron chi connectivity index (χ0n) is 15.1. The second kappa shape index (κ2) is 9.18. The summed E-state index contributed by atoms with van der Waals surface area (Å²) >= 11 is 0. The van der Waals surface area contributed by atoms with Crippen molar-refractivity contribution in [2.75, 3.05) is 13.1 Å². The highest BCUT2D eigenvalue weighted by molar-refractivity contribution is 5.85. The van der Waals surface area contributed by atoms with E-state index in [1.54, 1.807) is 4.90 Å². The first-order valence-electron chi connectivity index (χ1n) is 9.36. The van der Waals surface area contributed by atoms with E-state index in [0.717, 1.165) is 30.4 Å². The molecule has 0 radical (unpaired) electrons. The molecule has 4 heteroatoms. The second-order valence-electron chi connectivity index (χ2n) is 6.85. The van der Waals surface area contributed by atoms with Crippen LogP contribution in [0.3, 0.4) is 0 Å². The van der Waals surface area contributed by atoms with Gasteiger partial charge in [-0.2, -0.15) is 0 Å². The number of hydrogen-bond donors (Lipinski definition) is 0. The molecule has 2 amide bonds. The molecule has 136 valence electrons. The van der Waals surface area contributed by atoms with Crippen LogP contribution in [0.1, 0.15) is 36.8 Å². The molecule has 2 aromatic rings. The molecule has 0 atom stereocenters. The maximum atomic E-state index is 13.0. The number of rotatable bonds is 6. The van der Waals surface area contributed by atoms with E-state index in [1.165, 1.54) is 0 Å². The van der Waals surface area contributed by atoms with Crippen LogP contribution in [0, 0.1) is 0 Å². The van der Waals surface area contributed by atoms with Crippen LogP contribution in [0.4, 0.5) is 0 Å². The predicted molar refractivity (Wildman–Crippen MR) is 102 cm³/mol. The Bertz CT molecular complexity index is 674. The Hall–Kier alpha value is -2.62. The van der Waals surface area contributed by atoms with Gasteiger partial charge in [0.1, 0.15) is 0 Å². The highest BCUT2D eigenvalue weighted by Gasteiger charge is 2.22. The zero-order valence-corrected chi connectivity index (χ0v) is 15.1. The van der Waals surface area contributed by atoms with Crippen molar-refractivity contribution in [2.24, 2.45) is 0 Å². The van der Waals surface area contributed by atoms with Crippen molar-refractivity contribution < 1.29 is 9.59 Å². The Morgan fingerprint density at radius 3 is 2.00 bits per heavy atom. The molecular weight excluding hydrogens is 324 g/mol. The molecule has 0 bridgehead atoms. The van der Waals surface area contributed by atoms with Crippen molar-refractivity contribution in [3.8, 4) is 0 Å². The minimum atomic E-state index is 0.00737. The van der Waals surface area contributed by atoms with Gasteiger partial charge < -0.3 is 9.80 Å². The van der Waals surface area contributed by atoms with E-state index < -0.39 is 0 Å². The SMILES string of the molecule is O=C1CCCCCN1CC(=O)N(Cc1ccccc1)Cc1ccccc1. The van der Waals surface area contributed by atoms with Crippen molar-refractivity contribution >= 4 is 11.8 Å². The lowest BCUT2D eigenvalue weighted by Gasteiger charge is -2.27. The minimum absolute atomic E-state index is 0.00737. The van der Waals surface area contributed by atoms with Gasteiger partial charge in [-0.15, -0.1) is 0 Å². The Morgan fingerprint density at radius 2 is 1.42 bits per heavy atom. The van der Waals surface area contributed by atoms with Gasteiger partial charge in [0.25, 0.3) is 0 Å². The molecule has 0 N–H and O–H groups in total. The van der Waals surface area contributed by atoms with Gasteiger partial charge in [-0.3, -0.25) is 9.59 Å². The van der Waals surface area contributed by atoms with Crippen molar-refractivity contribution in [1.29, 1.82) is 0 Å². The van der Waals surface area contributed by atoms with Gasteiger partial charge >= 0.3 is 0 Å². The number of benzene rings is 2. The number of nitrogens with zero attached hydrogens (tertiary/aromatic N) is 2. The number of amides is 2. The van der Waals surface area contributed by atoms with Gasteiger partial charge in [0.2, 0.25) is 11.8 Å². The Balaban J connectivity index is 1.72. The fourth-order valence-corrected chi connectivity index (χ4v) is 3.31. The minimum Gasteiger partial charge on any atom is -0.333 e. The van der Waals surface area contributed by atoms with Crippen LogP contribution in [0.25, 0.3) is 0 Å². The van der Waals surface area contributed by atoms with Gasteiger partial charge in [0.05, 0.1) is 6.54 Å². The fourth-order valence-electron chi connectivity index (χ4n) is 3.31. The summed E-state index contributed by atoms with van der Waals surface area (Å²) in [5, 5.41) is 0. The van der Waals surface area contributed by atoms with E-state index in [1.807, 2.05) is 65.6 Å². The molecule has 1 aliphatic heterocycles. The van der Waals surface area contributed by atoms with E-state index in [9.17, 15) is 9.59 Å². The maximum Gasteiger partial charge on any atom is 0.242 e. The quantitative estimate of drug-likeness (QED) is 0.798. The van der Waals surface area contributed by atoms with E-state index in [0.29, 0.717) is 26.1 Å². The topological polar surface area (TPSA) is 40.6 Å². The summed E-state index contributed by atoms with van der Waals surface area (Å²) in [5.74, 6) is 0.114. The molecule has 1 fully saturated rings. The summed E-state index contributed by atoms with van der Waals surface area (Å²) in [6, 6.07) is 20.0. The van der Waals surface area contributed by atoms with Crippen LogP contribution < -0.4 is 0 Å². The van der Waals surface area contributed by atoms with Crippen molar-refractivity contribution in [3.63, 3.8) is 0 Å². The van der Waals surface area contributed by atoms with Gasteiger partial charge in [-0.25, -0.2) is 0 Å². The fraction of sp³-hybridized carbons (Fsp3) is 0.364. The Kier molecular flexibility index (Phi) is 6.42. The van der Waals surface area contributed by atoms with Crippen molar-refractivity contribution in [2.45, 2.75) is 38.8 Å². The number of likely N-dealkylation sites (tertiary alicyclic amines) is 1. The van der Waals surface area contributed by atoms with Crippen molar-refractivity contribution in [3.05, 3.63) is 71.8 Å². The van der Waals surface area contributed by atoms with E-state index in [2.05, 4.69) is 0 Å². The summed E-state index contributed by atoms with van der Waals surface area (Å²) in [6.45, 7) is 1.97. The molecular formula is C22H26N2O2. The van der Waals surface area contributed by atoms with E-state index >= 15 is 0 Å². The molecule has 1 saturated heterocycles. The first kappa shape index (κ1) is 18.2. The van der Waals surface area contributed by atoms with Crippen LogP contribution in [-0.4, -0.2) is 34.7 Å². The highest BCUT2D eigenvalue weighted by Crippen LogP contribution is 2.14. The molecule has 0 saturated carbocycles. The molecule has 2 aromatic carbocycles. The Morgan fingerprint density at radius 1 is 0.846 bits per heavy atom. The molecule has 0 unspecified atom stereocenters. The second-order valence-corrected chi connectivity index (χ2v) is 6.85. The predicted octanol–water partition coefficient (Wildman–Crippen LogP) is 3.62. The first-order valence-corrected chi connectivity index (χ1v) is 9.36. The van der Waals surface area contributed by atoms with Crippen LogP contribution in [0.5, 0.6) is 0 Å². The molecule has 3 rings (SSSR count). The van der Waals surface area contributed by atoms with Gasteiger partial charge in [-0.1, -0.05) is 67.1 Å². The summed E-state index contributed by atoms with van der Waals surface area (Å²) in [7, 11) is 0. The summed E-state index contributed by atoms with van der Waals surface area (Å²) in [5.41, 5.74) is 2.19. The van der Waals surface area contributed by atoms with E-state index in [4.69, 9.17) is 0 Å². The van der Waals surface area contributed by atoms with Crippen LogP contribution >= 0.6 is 0 Å². The van der Waals surface area contributed by atoms with E-state index in [-0.39, 0.29) is 18.4 Å². The normalized spacial score (nSPS) is 14.8. The number of carbonyl (C=O) groups is 2. The lowest BCUT2D eigenvalue weighted by atomic mass is 10.1. The zero-order chi connectivity index (χ0) is 18.2. The standard InChI is InChI=1S/C22H26N2O2/c25-21-14-8-3-9-15-23(21)18-22(26)24(16-19-10-4-1-5-11-19)17-20-12-6-2-7-13-20/h1-2,4-7,10-13H,3,8-9,14-18H2. The Labute approximate surface area is 155 Å². The third-order valence-corrected chi connectivity index (χ3v) is 4.78. The van der Waals surface area contributed by atoms with Gasteiger partial charge in [0, 0.05) is 26.1 Å². The summed E-state index contributed by atoms with van der Waals surface area (Å²) in [6.07, 6.45) is 3.54. The lowest BCUT2D eigenvalue weighted by molar-refractivity contribution is -0.141. The van der Waals surface area contributed by atoms with Gasteiger partial charge in [-0.05, 0) is 24.0 Å². The molecule has 0 aliphatic carbocycles. The maximum absolute atomic E-state index is 13.0. The summed E-state index contributed by atoms with van der Waals surface area (Å²) in [4.78, 5) is 28.8. The van der Waals surface area contributed by atoms with Crippen LogP contribution in [-0.2, 0) is 22.7 Å². The molecule has 0 aromatic heterocycles. The average Bonchev–Trinajstić information content (AvgIpc) is 2.87. The third kappa shape index (κ3) is 5.19. The van der Waals surface area contributed by atoms with Gasteiger partial charge in [0.15, 0.2) is 0 Å². The summed E-state index contributed by atoms with van der Waals surface area (Å²) < 4.78 is 0. The smallest absolute Gasteiger partial charge is 0.242 e. The highest BCUT2D eigenvalue weighted by atomic mass is 16.2. The third-order valence-electron chi connectivity index (χ3n) is 4.78. The monoisotopic (exact) mass is 350 g/mol. The lowest BCUT2D eigenvalue weighted by Crippen LogP contribution is -2.42. The first-order chi connectivity index (χ1) is 12.7.